The Bertz CT molecular complexity index is 328. The Kier molecular flexibility index (Phi) is 15.0. The minimum absolute atomic E-state index is 0.182. The number of unbranched alkanes of at least 4 members (excludes halogenated alkanes) is 8. The Morgan fingerprint density at radius 1 is 0.750 bits per heavy atom. The van der Waals surface area contributed by atoms with Gasteiger partial charge in [0.2, 0.25) is 0 Å². The van der Waals surface area contributed by atoms with E-state index in [4.69, 9.17) is 0 Å². The van der Waals surface area contributed by atoms with E-state index in [-0.39, 0.29) is 12.2 Å². The SMILES string of the molecule is CCCCCCCC[C@H](C(=O)O)C(=O)CC[C@@H](O)CCCCCC. The average Bonchev–Trinajstić information content (AvgIpc) is 2.55. The van der Waals surface area contributed by atoms with Gasteiger partial charge in [-0.1, -0.05) is 78.1 Å². The molecule has 24 heavy (non-hydrogen) atoms. The highest BCUT2D eigenvalue weighted by Crippen LogP contribution is 2.17. The highest BCUT2D eigenvalue weighted by Gasteiger charge is 2.25. The smallest absolute Gasteiger partial charge is 0.314 e. The maximum absolute atomic E-state index is 12.1. The van der Waals surface area contributed by atoms with Gasteiger partial charge in [-0.05, 0) is 19.3 Å². The molecule has 2 N–H and O–H groups in total. The van der Waals surface area contributed by atoms with Crippen LogP contribution in [0.1, 0.15) is 104 Å². The molecule has 0 spiro atoms. The fourth-order valence-corrected chi connectivity index (χ4v) is 2.99. The van der Waals surface area contributed by atoms with Gasteiger partial charge in [-0.2, -0.15) is 0 Å². The number of ketones is 1. The molecule has 0 unspecified atom stereocenters. The normalized spacial score (nSPS) is 13.6. The monoisotopic (exact) mass is 342 g/mol. The number of aliphatic hydroxyl groups excluding tert-OH is 1. The molecule has 0 heterocycles. The van der Waals surface area contributed by atoms with Gasteiger partial charge in [0, 0.05) is 6.42 Å². The van der Waals surface area contributed by atoms with Crippen molar-refractivity contribution in [3.05, 3.63) is 0 Å². The molecule has 4 heteroatoms. The number of carboxylic acids is 1. The predicted molar refractivity (Wildman–Crippen MR) is 98.1 cm³/mol. The molecular weight excluding hydrogens is 304 g/mol. The van der Waals surface area contributed by atoms with Crippen molar-refractivity contribution >= 4 is 11.8 Å². The first-order chi connectivity index (χ1) is 11.5. The molecule has 0 aromatic rings. The zero-order valence-electron chi connectivity index (χ0n) is 15.8. The summed E-state index contributed by atoms with van der Waals surface area (Å²) in [4.78, 5) is 23.5. The van der Waals surface area contributed by atoms with Gasteiger partial charge in [0.1, 0.15) is 11.7 Å². The third-order valence-electron chi connectivity index (χ3n) is 4.65. The number of Topliss-reactive ketones (excluding diaryl/α,β-unsaturated/α-hetero) is 1. The third kappa shape index (κ3) is 12.5. The molecule has 0 bridgehead atoms. The van der Waals surface area contributed by atoms with Crippen LogP contribution in [0, 0.1) is 5.92 Å². The van der Waals surface area contributed by atoms with E-state index < -0.39 is 18.0 Å². The highest BCUT2D eigenvalue weighted by molar-refractivity contribution is 5.98. The molecule has 0 saturated heterocycles. The van der Waals surface area contributed by atoms with Gasteiger partial charge >= 0.3 is 5.97 Å². The summed E-state index contributed by atoms with van der Waals surface area (Å²) in [7, 11) is 0. The summed E-state index contributed by atoms with van der Waals surface area (Å²) in [6.07, 6.45) is 12.2. The van der Waals surface area contributed by atoms with Crippen LogP contribution in [-0.2, 0) is 9.59 Å². The lowest BCUT2D eigenvalue weighted by Crippen LogP contribution is -2.25. The van der Waals surface area contributed by atoms with Crippen LogP contribution in [0.15, 0.2) is 0 Å². The fourth-order valence-electron chi connectivity index (χ4n) is 2.99. The van der Waals surface area contributed by atoms with Crippen molar-refractivity contribution in [3.63, 3.8) is 0 Å². The lowest BCUT2D eigenvalue weighted by Gasteiger charge is -2.13. The molecule has 0 fully saturated rings. The van der Waals surface area contributed by atoms with Crippen molar-refractivity contribution in [2.75, 3.05) is 0 Å². The first-order valence-corrected chi connectivity index (χ1v) is 9.96. The Morgan fingerprint density at radius 3 is 1.83 bits per heavy atom. The van der Waals surface area contributed by atoms with Crippen LogP contribution in [0.25, 0.3) is 0 Å². The standard InChI is InChI=1S/C20H38O4/c1-3-5-7-9-10-12-14-18(20(23)24)19(22)16-15-17(21)13-11-8-6-4-2/h17-18,21H,3-16H2,1-2H3,(H,23,24)/t17-,18-/m0/s1. The Hall–Kier alpha value is -0.900. The maximum atomic E-state index is 12.1. The number of aliphatic carboxylic acids is 1. The lowest BCUT2D eigenvalue weighted by molar-refractivity contribution is -0.146. The van der Waals surface area contributed by atoms with E-state index in [1.54, 1.807) is 0 Å². The molecule has 0 rings (SSSR count). The number of rotatable bonds is 17. The van der Waals surface area contributed by atoms with E-state index >= 15 is 0 Å². The van der Waals surface area contributed by atoms with Crippen LogP contribution in [0.3, 0.4) is 0 Å². The Labute approximate surface area is 148 Å². The van der Waals surface area contributed by atoms with Crippen LogP contribution >= 0.6 is 0 Å². The minimum atomic E-state index is -1.01. The number of hydrogen-bond acceptors (Lipinski definition) is 3. The largest absolute Gasteiger partial charge is 0.481 e. The number of carbonyl (C=O) groups excluding carboxylic acids is 1. The van der Waals surface area contributed by atoms with Crippen molar-refractivity contribution in [3.8, 4) is 0 Å². The van der Waals surface area contributed by atoms with Gasteiger partial charge in [0.15, 0.2) is 0 Å². The summed E-state index contributed by atoms with van der Waals surface area (Å²) in [5.41, 5.74) is 0. The van der Waals surface area contributed by atoms with Crippen LogP contribution in [0.2, 0.25) is 0 Å². The Balaban J connectivity index is 3.96. The summed E-state index contributed by atoms with van der Waals surface area (Å²) in [5, 5.41) is 19.2. The van der Waals surface area contributed by atoms with Crippen molar-refractivity contribution < 1.29 is 19.8 Å². The van der Waals surface area contributed by atoms with Gasteiger partial charge in [-0.15, -0.1) is 0 Å². The van der Waals surface area contributed by atoms with Gasteiger partial charge in [-0.3, -0.25) is 9.59 Å². The van der Waals surface area contributed by atoms with Crippen molar-refractivity contribution in [2.24, 2.45) is 5.92 Å². The molecule has 142 valence electrons. The van der Waals surface area contributed by atoms with Gasteiger partial charge < -0.3 is 10.2 Å². The summed E-state index contributed by atoms with van der Waals surface area (Å²) < 4.78 is 0. The van der Waals surface area contributed by atoms with Crippen molar-refractivity contribution in [2.45, 2.75) is 110 Å². The molecule has 0 saturated carbocycles. The third-order valence-corrected chi connectivity index (χ3v) is 4.65. The second kappa shape index (κ2) is 15.6. The zero-order valence-corrected chi connectivity index (χ0v) is 15.8. The number of carbonyl (C=O) groups is 2. The van der Waals surface area contributed by atoms with Crippen LogP contribution in [0.4, 0.5) is 0 Å². The molecule has 0 aliphatic heterocycles. The topological polar surface area (TPSA) is 74.6 Å². The molecule has 0 aromatic carbocycles. The summed E-state index contributed by atoms with van der Waals surface area (Å²) in [6, 6.07) is 0. The van der Waals surface area contributed by atoms with Crippen LogP contribution in [0.5, 0.6) is 0 Å². The van der Waals surface area contributed by atoms with E-state index in [2.05, 4.69) is 13.8 Å². The summed E-state index contributed by atoms with van der Waals surface area (Å²) in [5.74, 6) is -2.11. The molecule has 0 aliphatic rings. The van der Waals surface area contributed by atoms with E-state index in [9.17, 15) is 19.8 Å². The first-order valence-electron chi connectivity index (χ1n) is 9.96. The van der Waals surface area contributed by atoms with Crippen molar-refractivity contribution in [1.82, 2.24) is 0 Å². The second-order valence-corrected chi connectivity index (χ2v) is 6.96. The molecule has 4 nitrogen and oxygen atoms in total. The Morgan fingerprint density at radius 2 is 1.25 bits per heavy atom. The molecule has 0 amide bonds. The second-order valence-electron chi connectivity index (χ2n) is 6.96. The summed E-state index contributed by atoms with van der Waals surface area (Å²) in [6.45, 7) is 4.31. The van der Waals surface area contributed by atoms with E-state index in [0.717, 1.165) is 38.5 Å². The fraction of sp³-hybridized carbons (Fsp3) is 0.900. The maximum Gasteiger partial charge on any atom is 0.314 e. The number of hydrogen-bond donors (Lipinski definition) is 2. The van der Waals surface area contributed by atoms with Crippen LogP contribution in [-0.4, -0.2) is 28.1 Å². The van der Waals surface area contributed by atoms with E-state index in [0.29, 0.717) is 19.3 Å². The van der Waals surface area contributed by atoms with Crippen molar-refractivity contribution in [1.29, 1.82) is 0 Å². The molecular formula is C20H38O4. The first kappa shape index (κ1) is 23.1. The minimum Gasteiger partial charge on any atom is -0.481 e. The van der Waals surface area contributed by atoms with E-state index in [1.165, 1.54) is 25.7 Å². The van der Waals surface area contributed by atoms with E-state index in [1.807, 2.05) is 0 Å². The quantitative estimate of drug-likeness (QED) is 0.284. The zero-order chi connectivity index (χ0) is 18.2. The average molecular weight is 343 g/mol. The molecule has 0 aromatic heterocycles. The van der Waals surface area contributed by atoms with Gasteiger partial charge in [0.25, 0.3) is 0 Å². The number of carboxylic acid groups (broad SMARTS) is 1. The molecule has 0 radical (unpaired) electrons. The highest BCUT2D eigenvalue weighted by atomic mass is 16.4. The summed E-state index contributed by atoms with van der Waals surface area (Å²) >= 11 is 0. The van der Waals surface area contributed by atoms with Gasteiger partial charge in [-0.25, -0.2) is 0 Å². The predicted octanol–water partition coefficient (Wildman–Crippen LogP) is 5.12. The number of aliphatic hydroxyl groups is 1. The van der Waals surface area contributed by atoms with Gasteiger partial charge in [0.05, 0.1) is 6.10 Å². The molecule has 2 atom stereocenters. The van der Waals surface area contributed by atoms with Crippen LogP contribution < -0.4 is 0 Å². The molecule has 0 aliphatic carbocycles. The lowest BCUT2D eigenvalue weighted by atomic mass is 9.92.